The molecule has 1 aromatic carbocycles. The van der Waals surface area contributed by atoms with Crippen LogP contribution in [-0.2, 0) is 0 Å². The average molecular weight is 307 g/mol. The Kier molecular flexibility index (Phi) is 6.78. The number of likely N-dealkylation sites (N-methyl/N-ethyl adjacent to an activating group) is 1. The minimum atomic E-state index is 0.0312. The van der Waals surface area contributed by atoms with Crippen molar-refractivity contribution in [1.82, 2.24) is 9.80 Å². The van der Waals surface area contributed by atoms with Crippen molar-refractivity contribution in [1.29, 1.82) is 0 Å². The summed E-state index contributed by atoms with van der Waals surface area (Å²) in [7, 11) is 4.01. The minimum Gasteiger partial charge on any atom is -0.389 e. The molecule has 1 amide bonds. The fraction of sp³-hybridized carbons (Fsp3) is 0.500. The van der Waals surface area contributed by atoms with E-state index in [0.717, 1.165) is 18.7 Å². The number of nitrogens with two attached hydrogens (primary N) is 1. The number of thiocarbonyl (C=S) groups is 1. The Morgan fingerprint density at radius 2 is 1.86 bits per heavy atom. The molecule has 116 valence electrons. The van der Waals surface area contributed by atoms with Gasteiger partial charge in [0.25, 0.3) is 5.91 Å². The number of amides is 1. The van der Waals surface area contributed by atoms with E-state index in [0.29, 0.717) is 23.0 Å². The number of carbonyl (C=O) groups excluding carboxylic acids is 1. The van der Waals surface area contributed by atoms with Crippen LogP contribution in [0.4, 0.5) is 0 Å². The van der Waals surface area contributed by atoms with Crippen molar-refractivity contribution in [2.75, 3.05) is 33.7 Å². The first-order valence-corrected chi connectivity index (χ1v) is 7.56. The van der Waals surface area contributed by atoms with Crippen molar-refractivity contribution in [3.05, 3.63) is 35.4 Å². The lowest BCUT2D eigenvalue weighted by Gasteiger charge is -2.26. The van der Waals surface area contributed by atoms with E-state index in [9.17, 15) is 4.79 Å². The molecule has 0 radical (unpaired) electrons. The summed E-state index contributed by atoms with van der Waals surface area (Å²) in [6, 6.07) is 7.23. The fourth-order valence-corrected chi connectivity index (χ4v) is 2.15. The SMILES string of the molecule is CC(C)CN(CCN(C)C)C(=O)c1cccc(C(N)=S)c1. The molecule has 1 rings (SSSR count). The molecular formula is C16H25N3OS. The van der Waals surface area contributed by atoms with Crippen molar-refractivity contribution in [3.8, 4) is 0 Å². The van der Waals surface area contributed by atoms with Crippen molar-refractivity contribution < 1.29 is 4.79 Å². The number of hydrogen-bond donors (Lipinski definition) is 1. The second kappa shape index (κ2) is 8.10. The molecule has 0 spiro atoms. The van der Waals surface area contributed by atoms with Gasteiger partial charge in [-0.15, -0.1) is 0 Å². The van der Waals surface area contributed by atoms with Gasteiger partial charge in [-0.05, 0) is 32.1 Å². The highest BCUT2D eigenvalue weighted by atomic mass is 32.1. The lowest BCUT2D eigenvalue weighted by molar-refractivity contribution is 0.0724. The standard InChI is InChI=1S/C16H25N3OS/c1-12(2)11-19(9-8-18(3)4)16(20)14-7-5-6-13(10-14)15(17)21/h5-7,10,12H,8-9,11H2,1-4H3,(H2,17,21). The summed E-state index contributed by atoms with van der Waals surface area (Å²) in [5, 5.41) is 0. The molecule has 0 heterocycles. The van der Waals surface area contributed by atoms with Gasteiger partial charge in [0.2, 0.25) is 0 Å². The molecule has 0 atom stereocenters. The highest BCUT2D eigenvalue weighted by Crippen LogP contribution is 2.10. The zero-order valence-electron chi connectivity index (χ0n) is 13.3. The van der Waals surface area contributed by atoms with Gasteiger partial charge in [0.15, 0.2) is 0 Å². The van der Waals surface area contributed by atoms with Gasteiger partial charge in [-0.3, -0.25) is 4.79 Å². The minimum absolute atomic E-state index is 0.0312. The predicted molar refractivity (Wildman–Crippen MR) is 91.6 cm³/mol. The van der Waals surface area contributed by atoms with E-state index in [1.807, 2.05) is 37.2 Å². The van der Waals surface area contributed by atoms with Crippen LogP contribution in [-0.4, -0.2) is 54.4 Å². The molecule has 0 saturated carbocycles. The van der Waals surface area contributed by atoms with E-state index < -0.39 is 0 Å². The molecule has 0 saturated heterocycles. The molecule has 2 N–H and O–H groups in total. The third-order valence-electron chi connectivity index (χ3n) is 3.08. The molecule has 1 aromatic rings. The Morgan fingerprint density at radius 3 is 2.38 bits per heavy atom. The number of carbonyl (C=O) groups is 1. The summed E-state index contributed by atoms with van der Waals surface area (Å²) in [5.41, 5.74) is 7.01. The summed E-state index contributed by atoms with van der Waals surface area (Å²) in [6.07, 6.45) is 0. The van der Waals surface area contributed by atoms with Crippen LogP contribution >= 0.6 is 12.2 Å². The molecule has 0 aliphatic rings. The summed E-state index contributed by atoms with van der Waals surface area (Å²) in [6.45, 7) is 6.52. The average Bonchev–Trinajstić information content (AvgIpc) is 2.42. The largest absolute Gasteiger partial charge is 0.389 e. The number of benzene rings is 1. The smallest absolute Gasteiger partial charge is 0.253 e. The van der Waals surface area contributed by atoms with Gasteiger partial charge < -0.3 is 15.5 Å². The van der Waals surface area contributed by atoms with E-state index in [-0.39, 0.29) is 5.91 Å². The van der Waals surface area contributed by atoms with Crippen molar-refractivity contribution >= 4 is 23.1 Å². The molecule has 0 aliphatic carbocycles. The third-order valence-corrected chi connectivity index (χ3v) is 3.32. The zero-order chi connectivity index (χ0) is 16.0. The quantitative estimate of drug-likeness (QED) is 0.783. The van der Waals surface area contributed by atoms with Gasteiger partial charge in [-0.2, -0.15) is 0 Å². The highest BCUT2D eigenvalue weighted by molar-refractivity contribution is 7.80. The summed E-state index contributed by atoms with van der Waals surface area (Å²) >= 11 is 4.98. The molecule has 4 nitrogen and oxygen atoms in total. The summed E-state index contributed by atoms with van der Waals surface area (Å²) in [5.74, 6) is 0.457. The third kappa shape index (κ3) is 5.81. The topological polar surface area (TPSA) is 49.6 Å². The normalized spacial score (nSPS) is 11.0. The Morgan fingerprint density at radius 1 is 1.24 bits per heavy atom. The molecule has 0 fully saturated rings. The van der Waals surface area contributed by atoms with Crippen LogP contribution in [0.5, 0.6) is 0 Å². The first-order chi connectivity index (χ1) is 9.81. The monoisotopic (exact) mass is 307 g/mol. The molecule has 0 bridgehead atoms. The molecule has 0 unspecified atom stereocenters. The second-order valence-corrected chi connectivity index (χ2v) is 6.33. The van der Waals surface area contributed by atoms with Gasteiger partial charge in [-0.1, -0.05) is 38.2 Å². The molecular weight excluding hydrogens is 282 g/mol. The van der Waals surface area contributed by atoms with E-state index in [2.05, 4.69) is 18.7 Å². The first-order valence-electron chi connectivity index (χ1n) is 7.15. The maximum atomic E-state index is 12.7. The van der Waals surface area contributed by atoms with Gasteiger partial charge in [0.1, 0.15) is 4.99 Å². The first kappa shape index (κ1) is 17.6. The maximum absolute atomic E-state index is 12.7. The number of hydrogen-bond acceptors (Lipinski definition) is 3. The molecule has 0 aliphatic heterocycles. The second-order valence-electron chi connectivity index (χ2n) is 5.89. The summed E-state index contributed by atoms with van der Waals surface area (Å²) in [4.78, 5) is 17.0. The van der Waals surface area contributed by atoms with Gasteiger partial charge in [-0.25, -0.2) is 0 Å². The molecule has 0 aromatic heterocycles. The number of rotatable bonds is 7. The lowest BCUT2D eigenvalue weighted by Crippen LogP contribution is -2.39. The maximum Gasteiger partial charge on any atom is 0.253 e. The zero-order valence-corrected chi connectivity index (χ0v) is 14.1. The van der Waals surface area contributed by atoms with Crippen LogP contribution in [0.1, 0.15) is 29.8 Å². The molecule has 21 heavy (non-hydrogen) atoms. The Hall–Kier alpha value is -1.46. The number of nitrogens with zero attached hydrogens (tertiary/aromatic N) is 2. The molecule has 5 heteroatoms. The van der Waals surface area contributed by atoms with Crippen LogP contribution in [0.15, 0.2) is 24.3 Å². The lowest BCUT2D eigenvalue weighted by atomic mass is 10.1. The Bertz CT molecular complexity index is 500. The predicted octanol–water partition coefficient (Wildman–Crippen LogP) is 1.98. The van der Waals surface area contributed by atoms with E-state index in [1.54, 1.807) is 6.07 Å². The van der Waals surface area contributed by atoms with Gasteiger partial charge in [0, 0.05) is 30.8 Å². The summed E-state index contributed by atoms with van der Waals surface area (Å²) < 4.78 is 0. The van der Waals surface area contributed by atoms with E-state index >= 15 is 0 Å². The fourth-order valence-electron chi connectivity index (χ4n) is 2.03. The van der Waals surface area contributed by atoms with Crippen molar-refractivity contribution in [2.45, 2.75) is 13.8 Å². The van der Waals surface area contributed by atoms with Gasteiger partial charge in [0.05, 0.1) is 0 Å². The van der Waals surface area contributed by atoms with Crippen molar-refractivity contribution in [2.24, 2.45) is 11.7 Å². The van der Waals surface area contributed by atoms with Crippen LogP contribution in [0.2, 0.25) is 0 Å². The van der Waals surface area contributed by atoms with Crippen LogP contribution in [0.25, 0.3) is 0 Å². The van der Waals surface area contributed by atoms with E-state index in [4.69, 9.17) is 18.0 Å². The van der Waals surface area contributed by atoms with Gasteiger partial charge >= 0.3 is 0 Å². The Labute approximate surface area is 132 Å². The van der Waals surface area contributed by atoms with Crippen LogP contribution in [0, 0.1) is 5.92 Å². The Balaban J connectivity index is 2.92. The highest BCUT2D eigenvalue weighted by Gasteiger charge is 2.17. The van der Waals surface area contributed by atoms with Crippen LogP contribution < -0.4 is 5.73 Å². The van der Waals surface area contributed by atoms with Crippen LogP contribution in [0.3, 0.4) is 0 Å². The van der Waals surface area contributed by atoms with E-state index in [1.165, 1.54) is 0 Å². The van der Waals surface area contributed by atoms with Crippen molar-refractivity contribution in [3.63, 3.8) is 0 Å².